The van der Waals surface area contributed by atoms with Gasteiger partial charge in [0.2, 0.25) is 0 Å². The molecule has 2 aliphatic rings. The van der Waals surface area contributed by atoms with Crippen molar-refractivity contribution in [2.24, 2.45) is 0 Å². The minimum Gasteiger partial charge on any atom is -0.462 e. The number of rotatable bonds is 5. The second-order valence-corrected chi connectivity index (χ2v) is 9.03. The first-order chi connectivity index (χ1) is 15.1. The van der Waals surface area contributed by atoms with Gasteiger partial charge in [-0.15, -0.1) is 0 Å². The van der Waals surface area contributed by atoms with Crippen LogP contribution in [-0.2, 0) is 18.8 Å². The lowest BCUT2D eigenvalue weighted by molar-refractivity contribution is 0.00578. The predicted octanol–water partition coefficient (Wildman–Crippen LogP) is 3.27. The van der Waals surface area contributed by atoms with Crippen LogP contribution in [0, 0.1) is 11.6 Å². The monoisotopic (exact) mass is 448 g/mol. The largest absolute Gasteiger partial charge is 0.497 e. The summed E-state index contributed by atoms with van der Waals surface area (Å²) in [5.41, 5.74) is -1.29. The van der Waals surface area contributed by atoms with Crippen LogP contribution < -0.4 is 5.46 Å². The average Bonchev–Trinajstić information content (AvgIpc) is 3.41. The summed E-state index contributed by atoms with van der Waals surface area (Å²) in [5.74, 6) is -2.07. The van der Waals surface area contributed by atoms with Crippen LogP contribution in [0.2, 0.25) is 0 Å². The molecule has 172 valence electrons. The van der Waals surface area contributed by atoms with E-state index in [-0.39, 0.29) is 34.9 Å². The molecule has 0 spiro atoms. The van der Waals surface area contributed by atoms with Crippen molar-refractivity contribution < 1.29 is 32.4 Å². The van der Waals surface area contributed by atoms with Crippen molar-refractivity contribution in [2.45, 2.75) is 58.3 Å². The number of halogens is 2. The Morgan fingerprint density at radius 2 is 1.91 bits per heavy atom. The summed E-state index contributed by atoms with van der Waals surface area (Å²) >= 11 is 0. The molecule has 3 heterocycles. The Hall–Kier alpha value is -2.30. The SMILES string of the molecule is CCOC(=O)c1cnn(C2CCOC2)c1-c1cc(F)c(B2OC(C)(C)C(C)(C)O2)cc1F. The first-order valence-electron chi connectivity index (χ1n) is 10.7. The molecule has 1 aromatic heterocycles. The van der Waals surface area contributed by atoms with Gasteiger partial charge in [-0.3, -0.25) is 4.68 Å². The Kier molecular flexibility index (Phi) is 5.89. The molecule has 1 atom stereocenters. The fourth-order valence-electron chi connectivity index (χ4n) is 3.88. The zero-order valence-electron chi connectivity index (χ0n) is 18.9. The highest BCUT2D eigenvalue weighted by Gasteiger charge is 2.52. The number of hydrogen-bond donors (Lipinski definition) is 0. The summed E-state index contributed by atoms with van der Waals surface area (Å²) in [6.07, 6.45) is 1.97. The summed E-state index contributed by atoms with van der Waals surface area (Å²) in [6, 6.07) is 1.92. The molecule has 0 saturated carbocycles. The Labute approximate surface area is 186 Å². The van der Waals surface area contributed by atoms with Gasteiger partial charge in [-0.1, -0.05) is 0 Å². The van der Waals surface area contributed by atoms with E-state index in [0.29, 0.717) is 19.6 Å². The van der Waals surface area contributed by atoms with Crippen molar-refractivity contribution in [1.29, 1.82) is 0 Å². The maximum Gasteiger partial charge on any atom is 0.497 e. The van der Waals surface area contributed by atoms with E-state index >= 15 is 8.78 Å². The fraction of sp³-hybridized carbons (Fsp3) is 0.545. The van der Waals surface area contributed by atoms with E-state index in [1.54, 1.807) is 6.92 Å². The van der Waals surface area contributed by atoms with Crippen molar-refractivity contribution in [3.63, 3.8) is 0 Å². The second kappa shape index (κ2) is 8.24. The zero-order chi connectivity index (χ0) is 23.3. The molecule has 0 N–H and O–H groups in total. The summed E-state index contributed by atoms with van der Waals surface area (Å²) in [5, 5.41) is 4.28. The van der Waals surface area contributed by atoms with Crippen LogP contribution >= 0.6 is 0 Å². The minimum absolute atomic E-state index is 0.0437. The van der Waals surface area contributed by atoms with Crippen LogP contribution in [-0.4, -0.2) is 53.9 Å². The van der Waals surface area contributed by atoms with Crippen molar-refractivity contribution in [3.8, 4) is 11.3 Å². The molecule has 10 heteroatoms. The molecular formula is C22H27BF2N2O5. The van der Waals surface area contributed by atoms with E-state index in [4.69, 9.17) is 18.8 Å². The van der Waals surface area contributed by atoms with E-state index < -0.39 is 35.9 Å². The Bertz CT molecular complexity index is 1020. The zero-order valence-corrected chi connectivity index (χ0v) is 18.9. The van der Waals surface area contributed by atoms with Crippen molar-refractivity contribution in [3.05, 3.63) is 35.5 Å². The second-order valence-electron chi connectivity index (χ2n) is 9.03. The molecule has 2 saturated heterocycles. The molecule has 0 bridgehead atoms. The van der Waals surface area contributed by atoms with E-state index in [1.165, 1.54) is 10.9 Å². The smallest absolute Gasteiger partial charge is 0.462 e. The van der Waals surface area contributed by atoms with Crippen LogP contribution in [0.4, 0.5) is 8.78 Å². The highest BCUT2D eigenvalue weighted by molar-refractivity contribution is 6.62. The Morgan fingerprint density at radius 3 is 2.50 bits per heavy atom. The first kappa shape index (κ1) is 22.9. The molecule has 7 nitrogen and oxygen atoms in total. The predicted molar refractivity (Wildman–Crippen MR) is 114 cm³/mol. The van der Waals surface area contributed by atoms with Gasteiger partial charge in [0.1, 0.15) is 17.2 Å². The van der Waals surface area contributed by atoms with Gasteiger partial charge in [0, 0.05) is 17.6 Å². The lowest BCUT2D eigenvalue weighted by Crippen LogP contribution is -2.41. The third kappa shape index (κ3) is 3.84. The normalized spacial score (nSPS) is 21.8. The molecule has 0 radical (unpaired) electrons. The number of hydrogen-bond acceptors (Lipinski definition) is 6. The standard InChI is InChI=1S/C22H27BF2N2O5/c1-6-30-20(28)15-11-26-27(13-7-8-29-12-13)19(15)14-9-18(25)16(10-17(14)24)23-31-21(2,3)22(4,5)32-23/h9-11,13H,6-8,12H2,1-5H3. The molecule has 1 aromatic carbocycles. The first-order valence-corrected chi connectivity index (χ1v) is 10.7. The maximum absolute atomic E-state index is 15.4. The summed E-state index contributed by atoms with van der Waals surface area (Å²) < 4.78 is 54.5. The fourth-order valence-corrected chi connectivity index (χ4v) is 3.88. The molecule has 4 rings (SSSR count). The molecule has 1 unspecified atom stereocenters. The lowest BCUT2D eigenvalue weighted by atomic mass is 9.78. The van der Waals surface area contributed by atoms with Crippen LogP contribution in [0.3, 0.4) is 0 Å². The quantitative estimate of drug-likeness (QED) is 0.517. The Morgan fingerprint density at radius 1 is 1.22 bits per heavy atom. The summed E-state index contributed by atoms with van der Waals surface area (Å²) in [7, 11) is -1.05. The Balaban J connectivity index is 1.78. The van der Waals surface area contributed by atoms with Crippen LogP contribution in [0.15, 0.2) is 18.3 Å². The molecule has 0 aliphatic carbocycles. The minimum atomic E-state index is -1.05. The number of benzene rings is 1. The van der Waals surface area contributed by atoms with E-state index in [1.807, 2.05) is 27.7 Å². The van der Waals surface area contributed by atoms with Gasteiger partial charge in [0.15, 0.2) is 0 Å². The lowest BCUT2D eigenvalue weighted by Gasteiger charge is -2.32. The van der Waals surface area contributed by atoms with E-state index in [0.717, 1.165) is 12.1 Å². The van der Waals surface area contributed by atoms with Gasteiger partial charge < -0.3 is 18.8 Å². The molecule has 2 fully saturated rings. The van der Waals surface area contributed by atoms with Gasteiger partial charge in [-0.2, -0.15) is 5.10 Å². The van der Waals surface area contributed by atoms with Crippen LogP contribution in [0.1, 0.15) is 57.4 Å². The van der Waals surface area contributed by atoms with Gasteiger partial charge in [0.25, 0.3) is 0 Å². The van der Waals surface area contributed by atoms with E-state index in [9.17, 15) is 4.79 Å². The number of carbonyl (C=O) groups excluding carboxylic acids is 1. The van der Waals surface area contributed by atoms with Gasteiger partial charge in [-0.05, 0) is 53.2 Å². The highest BCUT2D eigenvalue weighted by atomic mass is 19.1. The molecular weight excluding hydrogens is 421 g/mol. The topological polar surface area (TPSA) is 71.8 Å². The van der Waals surface area contributed by atoms with Crippen molar-refractivity contribution in [2.75, 3.05) is 19.8 Å². The number of aromatic nitrogens is 2. The maximum atomic E-state index is 15.4. The molecule has 2 aliphatic heterocycles. The number of carbonyl (C=O) groups is 1. The van der Waals surface area contributed by atoms with Crippen LogP contribution in [0.5, 0.6) is 0 Å². The van der Waals surface area contributed by atoms with Gasteiger partial charge in [-0.25, -0.2) is 13.6 Å². The van der Waals surface area contributed by atoms with Crippen LogP contribution in [0.25, 0.3) is 11.3 Å². The summed E-state index contributed by atoms with van der Waals surface area (Å²) in [4.78, 5) is 12.5. The van der Waals surface area contributed by atoms with Crippen molar-refractivity contribution >= 4 is 18.6 Å². The highest BCUT2D eigenvalue weighted by Crippen LogP contribution is 2.37. The van der Waals surface area contributed by atoms with Gasteiger partial charge in [0.05, 0.1) is 42.3 Å². The molecule has 0 amide bonds. The number of nitrogens with zero attached hydrogens (tertiary/aromatic N) is 2. The molecule has 2 aromatic rings. The van der Waals surface area contributed by atoms with E-state index in [2.05, 4.69) is 5.10 Å². The number of ether oxygens (including phenoxy) is 2. The third-order valence-electron chi connectivity index (χ3n) is 6.39. The molecule has 32 heavy (non-hydrogen) atoms. The number of esters is 1. The third-order valence-corrected chi connectivity index (χ3v) is 6.39. The van der Waals surface area contributed by atoms with Crippen molar-refractivity contribution in [1.82, 2.24) is 9.78 Å². The average molecular weight is 448 g/mol. The van der Waals surface area contributed by atoms with Gasteiger partial charge >= 0.3 is 13.1 Å². The summed E-state index contributed by atoms with van der Waals surface area (Å²) in [6.45, 7) is 10.1.